The number of carbonyl (C=O) groups excluding carboxylic acids is 3. The van der Waals surface area contributed by atoms with Crippen LogP contribution in [-0.2, 0) is 9.59 Å². The van der Waals surface area contributed by atoms with Crippen molar-refractivity contribution < 1.29 is 19.5 Å². The molecule has 7 heteroatoms. The second-order valence-electron chi connectivity index (χ2n) is 3.50. The Morgan fingerprint density at radius 1 is 1.11 bits per heavy atom. The summed E-state index contributed by atoms with van der Waals surface area (Å²) >= 11 is 5.73. The number of hydrogen-bond donors (Lipinski definition) is 3. The largest absolute Gasteiger partial charge is 0.507 e. The van der Waals surface area contributed by atoms with Gasteiger partial charge in [-0.1, -0.05) is 11.6 Å². The molecule has 1 heterocycles. The predicted molar refractivity (Wildman–Crippen MR) is 62.8 cm³/mol. The molecule has 1 saturated heterocycles. The van der Waals surface area contributed by atoms with E-state index in [9.17, 15) is 19.5 Å². The van der Waals surface area contributed by atoms with E-state index >= 15 is 0 Å². The predicted octanol–water partition coefficient (Wildman–Crippen LogP) is 0.795. The van der Waals surface area contributed by atoms with Crippen molar-refractivity contribution in [2.45, 2.75) is 0 Å². The minimum atomic E-state index is -0.877. The number of phenols is 1. The molecule has 0 radical (unpaired) electrons. The third-order valence-electron chi connectivity index (χ3n) is 2.23. The highest BCUT2D eigenvalue weighted by atomic mass is 35.5. The van der Waals surface area contributed by atoms with Crippen molar-refractivity contribution >= 4 is 35.5 Å². The Morgan fingerprint density at radius 3 is 2.33 bits per heavy atom. The van der Waals surface area contributed by atoms with Gasteiger partial charge in [-0.25, -0.2) is 4.79 Å². The quantitative estimate of drug-likeness (QED) is 0.517. The van der Waals surface area contributed by atoms with Crippen molar-refractivity contribution in [2.24, 2.45) is 0 Å². The van der Waals surface area contributed by atoms with Gasteiger partial charge in [-0.3, -0.25) is 20.2 Å². The molecule has 6 nitrogen and oxygen atoms in total. The SMILES string of the molecule is O=C1NC(=O)C(=Cc2cc(Cl)ccc2O)C(=O)N1. The lowest BCUT2D eigenvalue weighted by Gasteiger charge is -2.14. The molecule has 18 heavy (non-hydrogen) atoms. The minimum Gasteiger partial charge on any atom is -0.507 e. The van der Waals surface area contributed by atoms with Gasteiger partial charge in [0.2, 0.25) is 0 Å². The maximum atomic E-state index is 11.4. The molecule has 0 aliphatic carbocycles. The van der Waals surface area contributed by atoms with Gasteiger partial charge in [-0.05, 0) is 24.3 Å². The Labute approximate surface area is 106 Å². The van der Waals surface area contributed by atoms with Crippen LogP contribution in [-0.4, -0.2) is 23.0 Å². The highest BCUT2D eigenvalue weighted by Gasteiger charge is 2.27. The van der Waals surface area contributed by atoms with Crippen molar-refractivity contribution in [1.82, 2.24) is 10.6 Å². The van der Waals surface area contributed by atoms with E-state index in [-0.39, 0.29) is 16.9 Å². The first-order valence-electron chi connectivity index (χ1n) is 4.84. The fourth-order valence-corrected chi connectivity index (χ4v) is 1.58. The molecule has 0 atom stereocenters. The highest BCUT2D eigenvalue weighted by molar-refractivity contribution is 6.32. The molecule has 92 valence electrons. The number of phenolic OH excluding ortho intramolecular Hbond substituents is 1. The molecular weight excluding hydrogens is 260 g/mol. The number of hydrogen-bond acceptors (Lipinski definition) is 4. The first-order chi connectivity index (χ1) is 8.47. The van der Waals surface area contributed by atoms with E-state index in [1.165, 1.54) is 18.2 Å². The number of aromatic hydroxyl groups is 1. The van der Waals surface area contributed by atoms with Crippen LogP contribution < -0.4 is 10.6 Å². The Morgan fingerprint density at radius 2 is 1.72 bits per heavy atom. The van der Waals surface area contributed by atoms with Gasteiger partial charge < -0.3 is 5.11 Å². The number of imide groups is 2. The van der Waals surface area contributed by atoms with E-state index in [4.69, 9.17) is 11.6 Å². The van der Waals surface area contributed by atoms with Gasteiger partial charge in [0.05, 0.1) is 0 Å². The zero-order valence-corrected chi connectivity index (χ0v) is 9.62. The van der Waals surface area contributed by atoms with Crippen LogP contribution in [0.25, 0.3) is 6.08 Å². The Kier molecular flexibility index (Phi) is 3.03. The molecule has 1 aromatic carbocycles. The van der Waals surface area contributed by atoms with Crippen LogP contribution in [0.2, 0.25) is 5.02 Å². The number of carbonyl (C=O) groups is 3. The molecule has 1 fully saturated rings. The zero-order valence-electron chi connectivity index (χ0n) is 8.86. The van der Waals surface area contributed by atoms with Gasteiger partial charge in [0.25, 0.3) is 11.8 Å². The number of halogens is 1. The molecule has 0 unspecified atom stereocenters. The number of nitrogens with one attached hydrogen (secondary N) is 2. The van der Waals surface area contributed by atoms with Gasteiger partial charge in [0.1, 0.15) is 11.3 Å². The van der Waals surface area contributed by atoms with Crippen LogP contribution in [0.5, 0.6) is 5.75 Å². The maximum Gasteiger partial charge on any atom is 0.328 e. The van der Waals surface area contributed by atoms with Gasteiger partial charge in [0, 0.05) is 10.6 Å². The molecule has 3 N–H and O–H groups in total. The van der Waals surface area contributed by atoms with E-state index < -0.39 is 17.8 Å². The van der Waals surface area contributed by atoms with Gasteiger partial charge in [0.15, 0.2) is 0 Å². The number of benzene rings is 1. The van der Waals surface area contributed by atoms with E-state index in [2.05, 4.69) is 0 Å². The molecular formula is C11H7ClN2O4. The van der Waals surface area contributed by atoms with E-state index in [1.807, 2.05) is 10.6 Å². The molecule has 0 saturated carbocycles. The summed E-state index contributed by atoms with van der Waals surface area (Å²) < 4.78 is 0. The lowest BCUT2D eigenvalue weighted by atomic mass is 10.1. The summed E-state index contributed by atoms with van der Waals surface area (Å²) in [7, 11) is 0. The van der Waals surface area contributed by atoms with Gasteiger partial charge >= 0.3 is 6.03 Å². The molecule has 0 bridgehead atoms. The first-order valence-corrected chi connectivity index (χ1v) is 5.22. The van der Waals surface area contributed by atoms with Gasteiger partial charge in [-0.15, -0.1) is 0 Å². The highest BCUT2D eigenvalue weighted by Crippen LogP contribution is 2.24. The standard InChI is InChI=1S/C11H7ClN2O4/c12-6-1-2-8(15)5(3-6)4-7-9(16)13-11(18)14-10(7)17/h1-4,15H,(H2,13,14,16,17,18). The molecule has 1 aliphatic heterocycles. The van der Waals surface area contributed by atoms with Crippen molar-refractivity contribution in [2.75, 3.05) is 0 Å². The fraction of sp³-hybridized carbons (Fsp3) is 0. The molecule has 4 amide bonds. The lowest BCUT2D eigenvalue weighted by Crippen LogP contribution is -2.51. The Bertz CT molecular complexity index is 573. The summed E-state index contributed by atoms with van der Waals surface area (Å²) in [5.41, 5.74) is -0.0793. The van der Waals surface area contributed by atoms with Crippen LogP contribution in [0, 0.1) is 0 Å². The van der Waals surface area contributed by atoms with E-state index in [0.717, 1.165) is 6.08 Å². The second-order valence-corrected chi connectivity index (χ2v) is 3.93. The molecule has 0 spiro atoms. The monoisotopic (exact) mass is 266 g/mol. The van der Waals surface area contributed by atoms with Crippen LogP contribution in [0.1, 0.15) is 5.56 Å². The summed E-state index contributed by atoms with van der Waals surface area (Å²) in [6, 6.07) is 3.31. The number of barbiturate groups is 1. The first kappa shape index (κ1) is 12.1. The zero-order chi connectivity index (χ0) is 13.3. The van der Waals surface area contributed by atoms with Crippen molar-refractivity contribution in [1.29, 1.82) is 0 Å². The number of rotatable bonds is 1. The minimum absolute atomic E-state index is 0.135. The van der Waals surface area contributed by atoms with Crippen LogP contribution in [0.15, 0.2) is 23.8 Å². The van der Waals surface area contributed by atoms with Crippen LogP contribution >= 0.6 is 11.6 Å². The summed E-state index contributed by atoms with van der Waals surface area (Å²) in [5, 5.41) is 13.7. The Hall–Kier alpha value is -2.34. The summed E-state index contributed by atoms with van der Waals surface area (Å²) in [4.78, 5) is 33.7. The fourth-order valence-electron chi connectivity index (χ4n) is 1.40. The molecule has 1 aromatic rings. The summed E-state index contributed by atoms with van der Waals surface area (Å²) in [6.45, 7) is 0. The lowest BCUT2D eigenvalue weighted by molar-refractivity contribution is -0.123. The molecule has 2 rings (SSSR count). The molecule has 0 aromatic heterocycles. The van der Waals surface area contributed by atoms with Crippen LogP contribution in [0.3, 0.4) is 0 Å². The van der Waals surface area contributed by atoms with E-state index in [1.54, 1.807) is 0 Å². The van der Waals surface area contributed by atoms with Crippen molar-refractivity contribution in [3.05, 3.63) is 34.4 Å². The summed E-state index contributed by atoms with van der Waals surface area (Å²) in [5.74, 6) is -1.80. The summed E-state index contributed by atoms with van der Waals surface area (Å²) in [6.07, 6.45) is 1.15. The third-order valence-corrected chi connectivity index (χ3v) is 2.47. The van der Waals surface area contributed by atoms with Crippen molar-refractivity contribution in [3.63, 3.8) is 0 Å². The van der Waals surface area contributed by atoms with E-state index in [0.29, 0.717) is 5.02 Å². The maximum absolute atomic E-state index is 11.4. The average Bonchev–Trinajstić information content (AvgIpc) is 2.28. The number of urea groups is 1. The smallest absolute Gasteiger partial charge is 0.328 e. The van der Waals surface area contributed by atoms with Crippen molar-refractivity contribution in [3.8, 4) is 5.75 Å². The average molecular weight is 267 g/mol. The Balaban J connectivity index is 2.43. The van der Waals surface area contributed by atoms with Gasteiger partial charge in [-0.2, -0.15) is 0 Å². The molecule has 1 aliphatic rings. The third kappa shape index (κ3) is 2.33. The number of amides is 4. The second kappa shape index (κ2) is 4.50. The van der Waals surface area contributed by atoms with Crippen LogP contribution in [0.4, 0.5) is 4.79 Å². The normalized spacial score (nSPS) is 15.2. The topological polar surface area (TPSA) is 95.5 Å².